The van der Waals surface area contributed by atoms with E-state index in [1.54, 1.807) is 16.8 Å². The summed E-state index contributed by atoms with van der Waals surface area (Å²) >= 11 is 0. The van der Waals surface area contributed by atoms with Gasteiger partial charge in [0.15, 0.2) is 5.76 Å². The smallest absolute Gasteiger partial charge is 0.283 e. The number of carbonyl (C=O) groups excluding carboxylic acids is 2. The van der Waals surface area contributed by atoms with Crippen LogP contribution in [0.25, 0.3) is 10.9 Å². The molecule has 0 radical (unpaired) electrons. The number of rotatable bonds is 11. The average molecular weight is 558 g/mol. The molecule has 1 aliphatic rings. The van der Waals surface area contributed by atoms with Crippen molar-refractivity contribution in [2.24, 2.45) is 5.73 Å². The number of hydrogen-bond donors (Lipinski definition) is 2. The number of allylic oxidation sites excluding steroid dienone is 1. The van der Waals surface area contributed by atoms with Crippen LogP contribution in [-0.2, 0) is 24.3 Å². The lowest BCUT2D eigenvalue weighted by molar-refractivity contribution is -0.144. The van der Waals surface area contributed by atoms with Gasteiger partial charge in [-0.2, -0.15) is 4.31 Å². The van der Waals surface area contributed by atoms with Crippen molar-refractivity contribution in [1.29, 1.82) is 0 Å². The van der Waals surface area contributed by atoms with Gasteiger partial charge < -0.3 is 25.1 Å². The number of amides is 1. The molecule has 1 aliphatic heterocycles. The quantitative estimate of drug-likeness (QED) is 0.364. The predicted molar refractivity (Wildman–Crippen MR) is 143 cm³/mol. The first kappa shape index (κ1) is 28.3. The predicted octanol–water partition coefficient (Wildman–Crippen LogP) is 2.21. The van der Waals surface area contributed by atoms with Crippen LogP contribution in [0.1, 0.15) is 29.6 Å². The maximum absolute atomic E-state index is 13.2. The van der Waals surface area contributed by atoms with E-state index in [1.807, 2.05) is 24.3 Å². The van der Waals surface area contributed by atoms with E-state index in [0.717, 1.165) is 20.8 Å². The Morgan fingerprint density at radius 3 is 2.51 bits per heavy atom. The molecule has 3 N–H and O–H groups in total. The Morgan fingerprint density at radius 1 is 1.15 bits per heavy atom. The highest BCUT2D eigenvalue weighted by Gasteiger charge is 2.31. The fourth-order valence-electron chi connectivity index (χ4n) is 4.55. The molecule has 208 valence electrons. The van der Waals surface area contributed by atoms with Gasteiger partial charge in [0.25, 0.3) is 5.91 Å². The van der Waals surface area contributed by atoms with Gasteiger partial charge in [-0.05, 0) is 42.0 Å². The maximum Gasteiger partial charge on any atom is 0.283 e. The summed E-state index contributed by atoms with van der Waals surface area (Å²) in [6, 6.07) is 13.4. The summed E-state index contributed by atoms with van der Waals surface area (Å²) in [4.78, 5) is 24.3. The Bertz CT molecular complexity index is 1480. The minimum Gasteiger partial charge on any atom is -0.497 e. The molecule has 0 bridgehead atoms. The molecule has 2 atom stereocenters. The van der Waals surface area contributed by atoms with Gasteiger partial charge in [-0.25, -0.2) is 8.42 Å². The van der Waals surface area contributed by atoms with Crippen LogP contribution in [0.5, 0.6) is 5.75 Å². The highest BCUT2D eigenvalue weighted by Crippen LogP contribution is 2.36. The number of sulfonamides is 1. The van der Waals surface area contributed by atoms with E-state index in [2.05, 4.69) is 0 Å². The third kappa shape index (κ3) is 6.14. The topological polar surface area (TPSA) is 150 Å². The number of primary amides is 1. The van der Waals surface area contributed by atoms with Crippen molar-refractivity contribution in [3.63, 3.8) is 0 Å². The standard InChI is InChI=1S/C27H31N3O8S/c1-18(32)30-17-23(22-5-3-4-6-24(22)30)19-15-25(27(28)33)38-26(16-19)37-14-12-29(11-13-31)39(34,35)21-9-7-20(36-2)8-10-21/h3-10,15,17,19,26,31H,11-14,16H2,1-2H3,(H2,28,33)/t19-,26+/m1/s1. The summed E-state index contributed by atoms with van der Waals surface area (Å²) in [6.45, 7) is 0.802. The lowest BCUT2D eigenvalue weighted by Gasteiger charge is -2.29. The highest BCUT2D eigenvalue weighted by atomic mass is 32.2. The second-order valence-corrected chi connectivity index (χ2v) is 10.9. The average Bonchev–Trinajstić information content (AvgIpc) is 3.32. The number of fused-ring (bicyclic) bond motifs is 1. The molecular weight excluding hydrogens is 526 g/mol. The number of benzene rings is 2. The summed E-state index contributed by atoms with van der Waals surface area (Å²) in [5.41, 5.74) is 7.07. The SMILES string of the molecule is COc1ccc(S(=O)(=O)N(CCO)CCO[C@@H]2C[C@H](c3cn(C(C)=O)c4ccccc34)C=C(C(N)=O)O2)cc1. The van der Waals surface area contributed by atoms with E-state index in [1.165, 1.54) is 38.3 Å². The molecule has 4 rings (SSSR count). The monoisotopic (exact) mass is 557 g/mol. The van der Waals surface area contributed by atoms with Gasteiger partial charge in [-0.1, -0.05) is 18.2 Å². The zero-order valence-corrected chi connectivity index (χ0v) is 22.5. The van der Waals surface area contributed by atoms with E-state index >= 15 is 0 Å². The van der Waals surface area contributed by atoms with Crippen LogP contribution in [0.15, 0.2) is 71.5 Å². The number of ether oxygens (including phenoxy) is 3. The van der Waals surface area contributed by atoms with E-state index in [0.29, 0.717) is 12.2 Å². The maximum atomic E-state index is 13.2. The van der Waals surface area contributed by atoms with E-state index < -0.39 is 22.2 Å². The molecule has 1 aromatic heterocycles. The molecule has 39 heavy (non-hydrogen) atoms. The van der Waals surface area contributed by atoms with Crippen LogP contribution >= 0.6 is 0 Å². The third-order valence-corrected chi connectivity index (χ3v) is 8.39. The zero-order valence-electron chi connectivity index (χ0n) is 21.6. The molecule has 3 aromatic rings. The first-order valence-corrected chi connectivity index (χ1v) is 13.8. The van der Waals surface area contributed by atoms with Crippen molar-refractivity contribution in [3.8, 4) is 5.75 Å². The first-order chi connectivity index (χ1) is 18.6. The van der Waals surface area contributed by atoms with Crippen LogP contribution in [0, 0.1) is 0 Å². The Kier molecular flexibility index (Phi) is 8.70. The molecule has 0 aliphatic carbocycles. The van der Waals surface area contributed by atoms with Crippen molar-refractivity contribution in [1.82, 2.24) is 8.87 Å². The number of nitrogens with zero attached hydrogens (tertiary/aromatic N) is 2. The Hall–Kier alpha value is -3.71. The molecule has 1 amide bonds. The Labute approximate surface area is 226 Å². The molecule has 12 heteroatoms. The number of carbonyl (C=O) groups is 2. The van der Waals surface area contributed by atoms with Gasteiger partial charge in [0.1, 0.15) is 5.75 Å². The summed E-state index contributed by atoms with van der Waals surface area (Å²) in [5, 5.41) is 10.3. The number of methoxy groups -OCH3 is 1. The minimum absolute atomic E-state index is 0.0477. The Balaban J connectivity index is 1.51. The minimum atomic E-state index is -3.92. The van der Waals surface area contributed by atoms with Crippen LogP contribution in [0.4, 0.5) is 0 Å². The number of aromatic nitrogens is 1. The largest absolute Gasteiger partial charge is 0.497 e. The number of aliphatic hydroxyl groups is 1. The van der Waals surface area contributed by atoms with Crippen molar-refractivity contribution in [3.05, 3.63) is 72.1 Å². The van der Waals surface area contributed by atoms with Crippen molar-refractivity contribution in [2.45, 2.75) is 30.4 Å². The van der Waals surface area contributed by atoms with Gasteiger partial charge in [0.2, 0.25) is 22.2 Å². The first-order valence-electron chi connectivity index (χ1n) is 12.3. The molecule has 11 nitrogen and oxygen atoms in total. The summed E-state index contributed by atoms with van der Waals surface area (Å²) in [5.74, 6) is -0.840. The number of nitrogens with two attached hydrogens (primary N) is 1. The molecule has 2 aromatic carbocycles. The highest BCUT2D eigenvalue weighted by molar-refractivity contribution is 7.89. The van der Waals surface area contributed by atoms with Crippen molar-refractivity contribution >= 4 is 32.7 Å². The van der Waals surface area contributed by atoms with E-state index in [-0.39, 0.29) is 48.8 Å². The molecular formula is C27H31N3O8S. The molecule has 0 spiro atoms. The Morgan fingerprint density at radius 2 is 1.87 bits per heavy atom. The van der Waals surface area contributed by atoms with Crippen LogP contribution in [0.2, 0.25) is 0 Å². The summed E-state index contributed by atoms with van der Waals surface area (Å²) < 4.78 is 45.6. The van der Waals surface area contributed by atoms with Gasteiger partial charge in [0, 0.05) is 43.9 Å². The second kappa shape index (κ2) is 12.0. The normalized spacial score (nSPS) is 17.6. The van der Waals surface area contributed by atoms with Crippen molar-refractivity contribution in [2.75, 3.05) is 33.4 Å². The van der Waals surface area contributed by atoms with Crippen LogP contribution in [-0.4, -0.2) is 73.9 Å². The number of aliphatic hydroxyl groups excluding tert-OH is 1. The second-order valence-electron chi connectivity index (χ2n) is 8.95. The van der Waals surface area contributed by atoms with Crippen molar-refractivity contribution < 1.29 is 37.3 Å². The number of hydrogen-bond acceptors (Lipinski definition) is 8. The lowest BCUT2D eigenvalue weighted by Crippen LogP contribution is -2.38. The molecule has 2 heterocycles. The lowest BCUT2D eigenvalue weighted by atomic mass is 9.92. The van der Waals surface area contributed by atoms with Gasteiger partial charge in [-0.3, -0.25) is 14.2 Å². The number of para-hydroxylation sites is 1. The fraction of sp³-hybridized carbons (Fsp3) is 0.333. The molecule has 0 fully saturated rings. The van der Waals surface area contributed by atoms with E-state index in [4.69, 9.17) is 19.9 Å². The zero-order chi connectivity index (χ0) is 28.2. The van der Waals surface area contributed by atoms with Gasteiger partial charge >= 0.3 is 0 Å². The van der Waals surface area contributed by atoms with E-state index in [9.17, 15) is 23.1 Å². The van der Waals surface area contributed by atoms with Crippen LogP contribution < -0.4 is 10.5 Å². The molecule has 0 saturated carbocycles. The third-order valence-electron chi connectivity index (χ3n) is 6.47. The van der Waals surface area contributed by atoms with Crippen LogP contribution in [0.3, 0.4) is 0 Å². The fourth-order valence-corrected chi connectivity index (χ4v) is 5.97. The van der Waals surface area contributed by atoms with Gasteiger partial charge in [0.05, 0.1) is 30.7 Å². The molecule has 0 unspecified atom stereocenters. The summed E-state index contributed by atoms with van der Waals surface area (Å²) in [6.07, 6.45) is 2.75. The summed E-state index contributed by atoms with van der Waals surface area (Å²) in [7, 11) is -2.44. The van der Waals surface area contributed by atoms with Gasteiger partial charge in [-0.15, -0.1) is 0 Å². The molecule has 0 saturated heterocycles.